The summed E-state index contributed by atoms with van der Waals surface area (Å²) in [5.74, 6) is -0.0525. The molecule has 0 radical (unpaired) electrons. The zero-order valence-corrected chi connectivity index (χ0v) is 15.9. The van der Waals surface area contributed by atoms with E-state index in [1.54, 1.807) is 38.1 Å². The first-order valence-corrected chi connectivity index (χ1v) is 9.03. The molecule has 0 aliphatic heterocycles. The Labute approximate surface area is 155 Å². The predicted molar refractivity (Wildman–Crippen MR) is 106 cm³/mol. The standard InChI is InChI=1S/C21H28N2O3/c1-5-22(15(3)24)19-11-7-17(8-12-19)21(26)18-9-13-20(14-10-18)23(6-2)16(4)25/h7-16,24-25H,5-6H2,1-4H3. The Morgan fingerprint density at radius 2 is 1.08 bits per heavy atom. The fraction of sp³-hybridized carbons (Fsp3) is 0.381. The minimum atomic E-state index is -0.579. The van der Waals surface area contributed by atoms with E-state index >= 15 is 0 Å². The molecule has 140 valence electrons. The maximum Gasteiger partial charge on any atom is 0.193 e. The van der Waals surface area contributed by atoms with Gasteiger partial charge in [-0.05, 0) is 76.2 Å². The lowest BCUT2D eigenvalue weighted by Gasteiger charge is -2.26. The molecule has 2 rings (SSSR count). The number of hydrogen-bond acceptors (Lipinski definition) is 5. The number of rotatable bonds is 8. The van der Waals surface area contributed by atoms with Gasteiger partial charge in [-0.1, -0.05) is 0 Å². The highest BCUT2D eigenvalue weighted by Crippen LogP contribution is 2.21. The molecule has 2 atom stereocenters. The largest absolute Gasteiger partial charge is 0.374 e. The van der Waals surface area contributed by atoms with Crippen LogP contribution in [0.25, 0.3) is 0 Å². The second kappa shape index (κ2) is 8.83. The number of carbonyl (C=O) groups is 1. The Morgan fingerprint density at radius 1 is 0.769 bits per heavy atom. The van der Waals surface area contributed by atoms with Gasteiger partial charge in [0.25, 0.3) is 0 Å². The van der Waals surface area contributed by atoms with E-state index in [-0.39, 0.29) is 5.78 Å². The van der Waals surface area contributed by atoms with Crippen LogP contribution in [0.2, 0.25) is 0 Å². The third-order valence-electron chi connectivity index (χ3n) is 4.51. The molecule has 2 aromatic rings. The maximum atomic E-state index is 12.7. The highest BCUT2D eigenvalue weighted by molar-refractivity contribution is 6.09. The van der Waals surface area contributed by atoms with E-state index in [4.69, 9.17) is 0 Å². The maximum absolute atomic E-state index is 12.7. The van der Waals surface area contributed by atoms with Crippen molar-refractivity contribution in [2.75, 3.05) is 22.9 Å². The molecule has 0 amide bonds. The number of aliphatic hydroxyl groups excluding tert-OH is 2. The van der Waals surface area contributed by atoms with Crippen LogP contribution >= 0.6 is 0 Å². The molecular formula is C21H28N2O3. The van der Waals surface area contributed by atoms with Gasteiger partial charge < -0.3 is 20.0 Å². The number of ketones is 1. The lowest BCUT2D eigenvalue weighted by atomic mass is 10.0. The fourth-order valence-corrected chi connectivity index (χ4v) is 3.10. The van der Waals surface area contributed by atoms with E-state index in [9.17, 15) is 15.0 Å². The second-order valence-electron chi connectivity index (χ2n) is 6.26. The van der Waals surface area contributed by atoms with Crippen LogP contribution in [0.1, 0.15) is 43.6 Å². The first kappa shape index (κ1) is 19.9. The summed E-state index contributed by atoms with van der Waals surface area (Å²) in [4.78, 5) is 16.4. The molecule has 2 unspecified atom stereocenters. The molecule has 5 nitrogen and oxygen atoms in total. The summed E-state index contributed by atoms with van der Waals surface area (Å²) in [6.07, 6.45) is -1.16. The van der Waals surface area contributed by atoms with Gasteiger partial charge in [-0.2, -0.15) is 0 Å². The minimum Gasteiger partial charge on any atom is -0.374 e. The molecule has 5 heteroatoms. The first-order chi connectivity index (χ1) is 12.4. The average molecular weight is 356 g/mol. The lowest BCUT2D eigenvalue weighted by Crippen LogP contribution is -2.32. The molecule has 0 heterocycles. The van der Waals surface area contributed by atoms with Crippen LogP contribution in [-0.4, -0.2) is 41.5 Å². The van der Waals surface area contributed by atoms with Gasteiger partial charge in [0, 0.05) is 35.6 Å². The summed E-state index contributed by atoms with van der Waals surface area (Å²) in [5.41, 5.74) is 2.96. The van der Waals surface area contributed by atoms with Crippen molar-refractivity contribution in [1.29, 1.82) is 0 Å². The van der Waals surface area contributed by atoms with Crippen molar-refractivity contribution in [3.05, 3.63) is 59.7 Å². The molecule has 2 aromatic carbocycles. The highest BCUT2D eigenvalue weighted by Gasteiger charge is 2.14. The van der Waals surface area contributed by atoms with Crippen molar-refractivity contribution < 1.29 is 15.0 Å². The highest BCUT2D eigenvalue weighted by atomic mass is 16.3. The van der Waals surface area contributed by atoms with Crippen LogP contribution in [0.15, 0.2) is 48.5 Å². The Morgan fingerprint density at radius 3 is 1.31 bits per heavy atom. The summed E-state index contributed by atoms with van der Waals surface area (Å²) in [6, 6.07) is 14.5. The monoisotopic (exact) mass is 356 g/mol. The van der Waals surface area contributed by atoms with Crippen molar-refractivity contribution in [3.63, 3.8) is 0 Å². The van der Waals surface area contributed by atoms with E-state index in [1.165, 1.54) is 0 Å². The van der Waals surface area contributed by atoms with Gasteiger partial charge in [0.05, 0.1) is 0 Å². The molecule has 2 N–H and O–H groups in total. The number of nitrogens with zero attached hydrogens (tertiary/aromatic N) is 2. The number of hydrogen-bond donors (Lipinski definition) is 2. The summed E-state index contributed by atoms with van der Waals surface area (Å²) < 4.78 is 0. The molecule has 26 heavy (non-hydrogen) atoms. The average Bonchev–Trinajstić information content (AvgIpc) is 2.63. The van der Waals surface area contributed by atoms with E-state index in [0.717, 1.165) is 11.4 Å². The van der Waals surface area contributed by atoms with Crippen molar-refractivity contribution in [1.82, 2.24) is 0 Å². The second-order valence-corrected chi connectivity index (χ2v) is 6.26. The molecule has 0 saturated heterocycles. The van der Waals surface area contributed by atoms with Crippen LogP contribution < -0.4 is 9.80 Å². The Kier molecular flexibility index (Phi) is 6.77. The topological polar surface area (TPSA) is 64.0 Å². The Hall–Kier alpha value is -2.37. The van der Waals surface area contributed by atoms with E-state index in [2.05, 4.69) is 0 Å². The van der Waals surface area contributed by atoms with Crippen LogP contribution in [0.5, 0.6) is 0 Å². The lowest BCUT2D eigenvalue weighted by molar-refractivity contribution is 0.103. The van der Waals surface area contributed by atoms with E-state index in [0.29, 0.717) is 24.2 Å². The van der Waals surface area contributed by atoms with Crippen molar-refractivity contribution in [3.8, 4) is 0 Å². The third-order valence-corrected chi connectivity index (χ3v) is 4.51. The normalized spacial score (nSPS) is 13.2. The van der Waals surface area contributed by atoms with Crippen LogP contribution in [0.3, 0.4) is 0 Å². The predicted octanol–water partition coefficient (Wildman–Crippen LogP) is 3.25. The third kappa shape index (κ3) is 4.42. The molecule has 0 saturated carbocycles. The van der Waals surface area contributed by atoms with Gasteiger partial charge in [-0.3, -0.25) is 4.79 Å². The number of benzene rings is 2. The molecule has 0 spiro atoms. The number of anilines is 2. The van der Waals surface area contributed by atoms with Gasteiger partial charge in [-0.15, -0.1) is 0 Å². The van der Waals surface area contributed by atoms with Crippen LogP contribution in [0, 0.1) is 0 Å². The molecular weight excluding hydrogens is 328 g/mol. The molecule has 0 bridgehead atoms. The zero-order chi connectivity index (χ0) is 19.3. The van der Waals surface area contributed by atoms with Gasteiger partial charge in [0.15, 0.2) is 5.78 Å². The molecule has 0 aliphatic carbocycles. The Bertz CT molecular complexity index is 648. The summed E-state index contributed by atoms with van der Waals surface area (Å²) in [6.45, 7) is 8.75. The Balaban J connectivity index is 2.18. The summed E-state index contributed by atoms with van der Waals surface area (Å²) >= 11 is 0. The number of aliphatic hydroxyl groups is 2. The number of carbonyl (C=O) groups excluding carboxylic acids is 1. The van der Waals surface area contributed by atoms with Gasteiger partial charge in [0.2, 0.25) is 0 Å². The zero-order valence-electron chi connectivity index (χ0n) is 15.9. The first-order valence-electron chi connectivity index (χ1n) is 9.03. The summed E-state index contributed by atoms with van der Waals surface area (Å²) in [7, 11) is 0. The SMILES string of the molecule is CCN(c1ccc(C(=O)c2ccc(N(CC)C(C)O)cc2)cc1)C(C)O. The fourth-order valence-electron chi connectivity index (χ4n) is 3.10. The van der Waals surface area contributed by atoms with Crippen LogP contribution in [0.4, 0.5) is 11.4 Å². The van der Waals surface area contributed by atoms with Gasteiger partial charge in [0.1, 0.15) is 12.5 Å². The quantitative estimate of drug-likeness (QED) is 0.561. The van der Waals surface area contributed by atoms with Crippen molar-refractivity contribution in [2.45, 2.75) is 40.2 Å². The van der Waals surface area contributed by atoms with E-state index in [1.807, 2.05) is 47.9 Å². The van der Waals surface area contributed by atoms with Crippen LogP contribution in [-0.2, 0) is 0 Å². The smallest absolute Gasteiger partial charge is 0.193 e. The molecule has 0 aromatic heterocycles. The van der Waals surface area contributed by atoms with E-state index < -0.39 is 12.5 Å². The van der Waals surface area contributed by atoms with Crippen molar-refractivity contribution >= 4 is 17.2 Å². The van der Waals surface area contributed by atoms with Gasteiger partial charge >= 0.3 is 0 Å². The molecule has 0 aliphatic rings. The minimum absolute atomic E-state index is 0.0525. The van der Waals surface area contributed by atoms with Gasteiger partial charge in [-0.25, -0.2) is 0 Å². The summed E-state index contributed by atoms with van der Waals surface area (Å²) in [5, 5.41) is 19.6. The molecule has 0 fully saturated rings. The van der Waals surface area contributed by atoms with Crippen molar-refractivity contribution in [2.24, 2.45) is 0 Å².